The fourth-order valence-electron chi connectivity index (χ4n) is 3.79. The van der Waals surface area contributed by atoms with E-state index in [0.717, 1.165) is 54.1 Å². The molecule has 8 heteroatoms. The van der Waals surface area contributed by atoms with Crippen LogP contribution in [0.3, 0.4) is 0 Å². The van der Waals surface area contributed by atoms with Gasteiger partial charge in [-0.1, -0.05) is 57.9 Å². The topological polar surface area (TPSA) is 98.1 Å². The molecule has 0 amide bonds. The summed E-state index contributed by atoms with van der Waals surface area (Å²) in [4.78, 5) is 9.10. The van der Waals surface area contributed by atoms with Crippen molar-refractivity contribution < 1.29 is 0 Å². The summed E-state index contributed by atoms with van der Waals surface area (Å²) in [5, 5.41) is 19.0. The van der Waals surface area contributed by atoms with Gasteiger partial charge in [0.25, 0.3) is 0 Å². The van der Waals surface area contributed by atoms with Gasteiger partial charge in [-0.05, 0) is 45.5 Å². The highest BCUT2D eigenvalue weighted by molar-refractivity contribution is 5.79. The van der Waals surface area contributed by atoms with Gasteiger partial charge in [0, 0.05) is 37.3 Å². The van der Waals surface area contributed by atoms with E-state index in [1.54, 1.807) is 12.4 Å². The van der Waals surface area contributed by atoms with E-state index in [1.807, 2.05) is 6.07 Å². The van der Waals surface area contributed by atoms with Crippen molar-refractivity contribution >= 4 is 0 Å². The average molecular weight is 431 g/mol. The number of aromatic nitrogens is 8. The highest BCUT2D eigenvalue weighted by atomic mass is 15.5. The lowest BCUT2D eigenvalue weighted by Gasteiger charge is -2.09. The van der Waals surface area contributed by atoms with E-state index in [-0.39, 0.29) is 0 Å². The maximum Gasteiger partial charge on any atom is 0.181 e. The number of hydrogen-bond donors (Lipinski definition) is 1. The van der Waals surface area contributed by atoms with Crippen LogP contribution in [0.25, 0.3) is 22.5 Å². The lowest BCUT2D eigenvalue weighted by atomic mass is 9.99. The summed E-state index contributed by atoms with van der Waals surface area (Å²) < 4.78 is 2.11. The summed E-state index contributed by atoms with van der Waals surface area (Å²) in [6.07, 6.45) is 8.79. The number of nitrogens with one attached hydrogen (secondary N) is 1. The van der Waals surface area contributed by atoms with E-state index >= 15 is 0 Å². The van der Waals surface area contributed by atoms with E-state index < -0.39 is 0 Å². The Morgan fingerprint density at radius 3 is 2.59 bits per heavy atom. The van der Waals surface area contributed by atoms with Crippen molar-refractivity contribution in [2.75, 3.05) is 0 Å². The molecule has 1 N–H and O–H groups in total. The smallest absolute Gasteiger partial charge is 0.181 e. The summed E-state index contributed by atoms with van der Waals surface area (Å²) in [6, 6.07) is 10.6. The molecule has 32 heavy (non-hydrogen) atoms. The maximum atomic E-state index is 4.87. The van der Waals surface area contributed by atoms with Gasteiger partial charge in [-0.25, -0.2) is 14.8 Å². The summed E-state index contributed by atoms with van der Waals surface area (Å²) in [5.74, 6) is 3.14. The van der Waals surface area contributed by atoms with E-state index in [4.69, 9.17) is 10.1 Å². The van der Waals surface area contributed by atoms with Crippen molar-refractivity contribution in [2.45, 2.75) is 59.4 Å². The van der Waals surface area contributed by atoms with E-state index in [0.29, 0.717) is 11.7 Å². The summed E-state index contributed by atoms with van der Waals surface area (Å²) in [5.41, 5.74) is 4.21. The third-order valence-electron chi connectivity index (χ3n) is 5.41. The van der Waals surface area contributed by atoms with Gasteiger partial charge in [-0.2, -0.15) is 5.10 Å². The van der Waals surface area contributed by atoms with E-state index in [9.17, 15) is 0 Å². The molecule has 0 unspecified atom stereocenters. The minimum absolute atomic E-state index is 0.544. The molecule has 0 bridgehead atoms. The fourth-order valence-corrected chi connectivity index (χ4v) is 3.79. The van der Waals surface area contributed by atoms with Gasteiger partial charge in [0.2, 0.25) is 0 Å². The van der Waals surface area contributed by atoms with Gasteiger partial charge in [-0.3, -0.25) is 4.98 Å². The largest absolute Gasteiger partial charge is 0.264 e. The molecule has 0 radical (unpaired) electrons. The zero-order valence-electron chi connectivity index (χ0n) is 19.0. The van der Waals surface area contributed by atoms with Crippen molar-refractivity contribution in [3.63, 3.8) is 0 Å². The van der Waals surface area contributed by atoms with Crippen LogP contribution in [-0.4, -0.2) is 40.4 Å². The number of nitrogens with zero attached hydrogens (tertiary/aromatic N) is 7. The number of rotatable bonds is 10. The molecule has 4 aromatic rings. The van der Waals surface area contributed by atoms with Crippen LogP contribution in [0.15, 0.2) is 42.7 Å². The van der Waals surface area contributed by atoms with E-state index in [2.05, 4.69) is 75.3 Å². The molecular formula is C24H30N8. The molecule has 4 rings (SSSR count). The molecule has 3 aromatic heterocycles. The molecule has 0 aliphatic carbocycles. The molecule has 8 nitrogen and oxygen atoms in total. The Hall–Kier alpha value is -3.42. The molecule has 0 aliphatic heterocycles. The monoisotopic (exact) mass is 430 g/mol. The third kappa shape index (κ3) is 5.25. The first kappa shape index (κ1) is 21.8. The van der Waals surface area contributed by atoms with Gasteiger partial charge in [-0.15, -0.1) is 5.10 Å². The molecule has 3 heterocycles. The second-order valence-corrected chi connectivity index (χ2v) is 8.52. The zero-order valence-corrected chi connectivity index (χ0v) is 19.0. The Labute approximate surface area is 188 Å². The van der Waals surface area contributed by atoms with Gasteiger partial charge in [0.1, 0.15) is 5.82 Å². The molecule has 0 fully saturated rings. The lowest BCUT2D eigenvalue weighted by Crippen LogP contribution is -2.07. The first-order valence-corrected chi connectivity index (χ1v) is 11.3. The number of hydrogen-bond acceptors (Lipinski definition) is 6. The molecule has 0 aliphatic rings. The van der Waals surface area contributed by atoms with Crippen molar-refractivity contribution in [3.05, 3.63) is 59.9 Å². The maximum absolute atomic E-state index is 4.87. The van der Waals surface area contributed by atoms with Crippen molar-refractivity contribution in [3.8, 4) is 22.5 Å². The number of aromatic amines is 1. The SMILES string of the molecule is CCCCCn1nc(CC(C)C)nc1Cc1ccc(-c2ccncc2-c2nnn[nH]2)cc1. The molecule has 0 spiro atoms. The Bertz CT molecular complexity index is 1110. The van der Waals surface area contributed by atoms with Gasteiger partial charge < -0.3 is 0 Å². The Morgan fingerprint density at radius 2 is 1.88 bits per heavy atom. The van der Waals surface area contributed by atoms with Crippen LogP contribution >= 0.6 is 0 Å². The van der Waals surface area contributed by atoms with Crippen LogP contribution in [0.2, 0.25) is 0 Å². The van der Waals surface area contributed by atoms with Crippen LogP contribution in [0.5, 0.6) is 0 Å². The number of tetrazole rings is 1. The van der Waals surface area contributed by atoms with Crippen LogP contribution in [0, 0.1) is 5.92 Å². The minimum Gasteiger partial charge on any atom is -0.264 e. The van der Waals surface area contributed by atoms with E-state index in [1.165, 1.54) is 18.4 Å². The molecule has 0 saturated carbocycles. The van der Waals surface area contributed by atoms with Crippen molar-refractivity contribution in [1.82, 2.24) is 40.4 Å². The van der Waals surface area contributed by atoms with Crippen LogP contribution in [0.4, 0.5) is 0 Å². The van der Waals surface area contributed by atoms with Crippen molar-refractivity contribution in [1.29, 1.82) is 0 Å². The second kappa shape index (κ2) is 10.3. The number of aryl methyl sites for hydroxylation is 1. The Balaban J connectivity index is 1.55. The zero-order chi connectivity index (χ0) is 22.3. The summed E-state index contributed by atoms with van der Waals surface area (Å²) >= 11 is 0. The average Bonchev–Trinajstić information content (AvgIpc) is 3.45. The van der Waals surface area contributed by atoms with Crippen LogP contribution < -0.4 is 0 Å². The molecule has 0 atom stereocenters. The second-order valence-electron chi connectivity index (χ2n) is 8.52. The number of benzene rings is 1. The van der Waals surface area contributed by atoms with Gasteiger partial charge in [0.05, 0.1) is 0 Å². The molecule has 1 aromatic carbocycles. The van der Waals surface area contributed by atoms with Gasteiger partial charge >= 0.3 is 0 Å². The van der Waals surface area contributed by atoms with Crippen molar-refractivity contribution in [2.24, 2.45) is 5.92 Å². The van der Waals surface area contributed by atoms with Crippen LogP contribution in [0.1, 0.15) is 57.2 Å². The number of H-pyrrole nitrogens is 1. The number of pyridine rings is 1. The Kier molecular flexibility index (Phi) is 6.99. The lowest BCUT2D eigenvalue weighted by molar-refractivity contribution is 0.526. The number of unbranched alkanes of at least 4 members (excludes halogenated alkanes) is 2. The predicted molar refractivity (Wildman–Crippen MR) is 124 cm³/mol. The Morgan fingerprint density at radius 1 is 1.03 bits per heavy atom. The first-order valence-electron chi connectivity index (χ1n) is 11.3. The minimum atomic E-state index is 0.544. The summed E-state index contributed by atoms with van der Waals surface area (Å²) in [7, 11) is 0. The molecule has 166 valence electrons. The normalized spacial score (nSPS) is 11.4. The first-order chi connectivity index (χ1) is 15.6. The third-order valence-corrected chi connectivity index (χ3v) is 5.41. The highest BCUT2D eigenvalue weighted by Crippen LogP contribution is 2.29. The molecular weight excluding hydrogens is 400 g/mol. The van der Waals surface area contributed by atoms with Crippen LogP contribution in [-0.2, 0) is 19.4 Å². The fraction of sp³-hybridized carbons (Fsp3) is 0.417. The predicted octanol–water partition coefficient (Wildman–Crippen LogP) is 4.50. The quantitative estimate of drug-likeness (QED) is 0.372. The summed E-state index contributed by atoms with van der Waals surface area (Å²) in [6.45, 7) is 7.57. The standard InChI is InChI=1S/C24H30N8/c1-4-5-6-13-32-23(26-22(29-32)14-17(2)3)15-18-7-9-19(10-8-18)20-11-12-25-16-21(20)24-27-30-31-28-24/h7-12,16-17H,4-6,13-15H2,1-3H3,(H,27,28,30,31). The molecule has 0 saturated heterocycles. The van der Waals surface area contributed by atoms with Gasteiger partial charge in [0.15, 0.2) is 11.6 Å². The highest BCUT2D eigenvalue weighted by Gasteiger charge is 2.13.